The van der Waals surface area contributed by atoms with E-state index in [2.05, 4.69) is 69.2 Å². The molecule has 1 aliphatic rings. The number of benzene rings is 2. The summed E-state index contributed by atoms with van der Waals surface area (Å²) >= 11 is 7.26. The molecule has 2 heterocycles. The number of aromatic nitrogens is 1. The molecule has 4 nitrogen and oxygen atoms in total. The van der Waals surface area contributed by atoms with Gasteiger partial charge in [-0.3, -0.25) is 0 Å². The minimum absolute atomic E-state index is 0.384. The van der Waals surface area contributed by atoms with E-state index in [-0.39, 0.29) is 0 Å². The molecule has 0 aliphatic carbocycles. The number of nitrogens with zero attached hydrogens (tertiary/aromatic N) is 2. The van der Waals surface area contributed by atoms with Gasteiger partial charge in [-0.05, 0) is 61.0 Å². The average Bonchev–Trinajstić information content (AvgIpc) is 2.74. The van der Waals surface area contributed by atoms with Crippen molar-refractivity contribution in [3.05, 3.63) is 60.8 Å². The van der Waals surface area contributed by atoms with Crippen molar-refractivity contribution in [1.29, 1.82) is 0 Å². The summed E-state index contributed by atoms with van der Waals surface area (Å²) < 4.78 is 0. The third-order valence-corrected chi connectivity index (χ3v) is 6.06. The van der Waals surface area contributed by atoms with E-state index < -0.39 is 0 Å². The zero-order valence-electron chi connectivity index (χ0n) is 15.9. The van der Waals surface area contributed by atoms with E-state index >= 15 is 0 Å². The number of fused-ring (bicyclic) bond motifs is 1. The first-order valence-electron chi connectivity index (χ1n) is 9.53. The molecule has 0 atom stereocenters. The number of anilines is 2. The highest BCUT2D eigenvalue weighted by atomic mass is 32.2. The molecule has 1 aromatic heterocycles. The van der Waals surface area contributed by atoms with Crippen molar-refractivity contribution >= 4 is 51.4 Å². The number of rotatable bonds is 4. The first kappa shape index (κ1) is 19.0. The Labute approximate surface area is 175 Å². The van der Waals surface area contributed by atoms with Gasteiger partial charge in [0.2, 0.25) is 0 Å². The molecule has 0 bridgehead atoms. The van der Waals surface area contributed by atoms with Crippen LogP contribution in [0.5, 0.6) is 0 Å². The van der Waals surface area contributed by atoms with Gasteiger partial charge in [0.25, 0.3) is 0 Å². The fourth-order valence-electron chi connectivity index (χ4n) is 3.64. The van der Waals surface area contributed by atoms with Crippen molar-refractivity contribution in [3.8, 4) is 0 Å². The number of hydrogen-bond donors (Lipinski definition) is 2. The van der Waals surface area contributed by atoms with E-state index in [0.29, 0.717) is 11.2 Å². The van der Waals surface area contributed by atoms with Gasteiger partial charge < -0.3 is 15.5 Å². The number of nitrogens with one attached hydrogen (secondary N) is 2. The lowest BCUT2D eigenvalue weighted by molar-refractivity contribution is 0.467. The Morgan fingerprint density at radius 2 is 1.93 bits per heavy atom. The second kappa shape index (κ2) is 8.80. The maximum atomic E-state index is 5.53. The SMILES string of the molecule is CSc1cccc(NC(=S)NC2CCN(c3nccc4ccccc34)CC2)c1. The van der Waals surface area contributed by atoms with Crippen molar-refractivity contribution in [2.24, 2.45) is 0 Å². The van der Waals surface area contributed by atoms with Crippen molar-refractivity contribution in [1.82, 2.24) is 10.3 Å². The Morgan fingerprint density at radius 3 is 2.75 bits per heavy atom. The summed E-state index contributed by atoms with van der Waals surface area (Å²) in [5, 5.41) is 9.95. The molecular weight excluding hydrogens is 384 g/mol. The second-order valence-electron chi connectivity index (χ2n) is 6.95. The quantitative estimate of drug-likeness (QED) is 0.472. The summed E-state index contributed by atoms with van der Waals surface area (Å²) in [4.78, 5) is 8.27. The molecule has 2 N–H and O–H groups in total. The fraction of sp³-hybridized carbons (Fsp3) is 0.273. The van der Waals surface area contributed by atoms with Crippen LogP contribution in [0.25, 0.3) is 10.8 Å². The van der Waals surface area contributed by atoms with Gasteiger partial charge in [-0.2, -0.15) is 0 Å². The topological polar surface area (TPSA) is 40.2 Å². The van der Waals surface area contributed by atoms with Gasteiger partial charge in [-0.15, -0.1) is 11.8 Å². The number of thiocarbonyl (C=S) groups is 1. The lowest BCUT2D eigenvalue weighted by Gasteiger charge is -2.34. The molecule has 4 rings (SSSR count). The van der Waals surface area contributed by atoms with E-state index in [1.807, 2.05) is 18.3 Å². The first-order chi connectivity index (χ1) is 13.7. The Bertz CT molecular complexity index is 962. The first-order valence-corrected chi connectivity index (χ1v) is 11.2. The predicted molar refractivity (Wildman–Crippen MR) is 125 cm³/mol. The molecule has 28 heavy (non-hydrogen) atoms. The molecule has 1 aliphatic heterocycles. The molecular formula is C22H24N4S2. The molecule has 6 heteroatoms. The normalized spacial score (nSPS) is 14.8. The van der Waals surface area contributed by atoms with Crippen LogP contribution in [0.2, 0.25) is 0 Å². The maximum Gasteiger partial charge on any atom is 0.170 e. The summed E-state index contributed by atoms with van der Waals surface area (Å²) in [5.74, 6) is 1.09. The van der Waals surface area contributed by atoms with Crippen LogP contribution in [0.3, 0.4) is 0 Å². The summed E-state index contributed by atoms with van der Waals surface area (Å²) in [6.45, 7) is 1.95. The molecule has 0 spiro atoms. The van der Waals surface area contributed by atoms with E-state index in [1.165, 1.54) is 15.7 Å². The lowest BCUT2D eigenvalue weighted by Crippen LogP contribution is -2.46. The smallest absolute Gasteiger partial charge is 0.170 e. The van der Waals surface area contributed by atoms with Gasteiger partial charge in [-0.1, -0.05) is 30.3 Å². The van der Waals surface area contributed by atoms with E-state index in [4.69, 9.17) is 12.2 Å². The highest BCUT2D eigenvalue weighted by molar-refractivity contribution is 7.98. The summed E-state index contributed by atoms with van der Waals surface area (Å²) in [6.07, 6.45) is 6.06. The third kappa shape index (κ3) is 4.39. The molecule has 2 aromatic carbocycles. The van der Waals surface area contributed by atoms with Crippen molar-refractivity contribution in [2.45, 2.75) is 23.8 Å². The Hall–Kier alpha value is -2.31. The van der Waals surface area contributed by atoms with Crippen LogP contribution in [0, 0.1) is 0 Å². The zero-order chi connectivity index (χ0) is 19.3. The summed E-state index contributed by atoms with van der Waals surface area (Å²) in [5.41, 5.74) is 1.03. The molecule has 0 radical (unpaired) electrons. The molecule has 144 valence electrons. The number of thioether (sulfide) groups is 1. The number of pyridine rings is 1. The van der Waals surface area contributed by atoms with Crippen molar-refractivity contribution < 1.29 is 0 Å². The fourth-order valence-corrected chi connectivity index (χ4v) is 4.39. The van der Waals surface area contributed by atoms with Crippen molar-refractivity contribution in [3.63, 3.8) is 0 Å². The van der Waals surface area contributed by atoms with Crippen LogP contribution in [0.4, 0.5) is 11.5 Å². The summed E-state index contributed by atoms with van der Waals surface area (Å²) in [6, 6.07) is 19.2. The average molecular weight is 409 g/mol. The van der Waals surface area contributed by atoms with E-state index in [9.17, 15) is 0 Å². The van der Waals surface area contributed by atoms with Gasteiger partial charge in [-0.25, -0.2) is 4.98 Å². The lowest BCUT2D eigenvalue weighted by atomic mass is 10.0. The van der Waals surface area contributed by atoms with Crippen LogP contribution in [0.1, 0.15) is 12.8 Å². The van der Waals surface area contributed by atoms with Gasteiger partial charge in [0, 0.05) is 41.3 Å². The van der Waals surface area contributed by atoms with Crippen molar-refractivity contribution in [2.75, 3.05) is 29.6 Å². The molecule has 0 amide bonds. The van der Waals surface area contributed by atoms with Crippen LogP contribution in [-0.4, -0.2) is 35.5 Å². The molecule has 1 saturated heterocycles. The number of piperidine rings is 1. The monoisotopic (exact) mass is 408 g/mol. The number of hydrogen-bond acceptors (Lipinski definition) is 4. The standard InChI is InChI=1S/C22H24N4S2/c1-28-19-7-4-6-18(15-19)25-22(27)24-17-10-13-26(14-11-17)21-20-8-3-2-5-16(20)9-12-23-21/h2-9,12,15,17H,10-11,13-14H2,1H3,(H2,24,25,27). The van der Waals surface area contributed by atoms with E-state index in [0.717, 1.165) is 37.4 Å². The predicted octanol–water partition coefficient (Wildman–Crippen LogP) is 4.91. The summed E-state index contributed by atoms with van der Waals surface area (Å²) in [7, 11) is 0. The molecule has 0 saturated carbocycles. The van der Waals surface area contributed by atoms with Crippen LogP contribution < -0.4 is 15.5 Å². The van der Waals surface area contributed by atoms with E-state index in [1.54, 1.807) is 11.8 Å². The maximum absolute atomic E-state index is 5.53. The minimum atomic E-state index is 0.384. The van der Waals surface area contributed by atoms with Gasteiger partial charge >= 0.3 is 0 Å². The Kier molecular flexibility index (Phi) is 5.98. The van der Waals surface area contributed by atoms with Gasteiger partial charge in [0.05, 0.1) is 0 Å². The minimum Gasteiger partial charge on any atom is -0.360 e. The molecule has 1 fully saturated rings. The highest BCUT2D eigenvalue weighted by Crippen LogP contribution is 2.26. The van der Waals surface area contributed by atoms with Crippen LogP contribution in [0.15, 0.2) is 65.7 Å². The highest BCUT2D eigenvalue weighted by Gasteiger charge is 2.21. The zero-order valence-corrected chi connectivity index (χ0v) is 17.5. The molecule has 3 aromatic rings. The largest absolute Gasteiger partial charge is 0.360 e. The van der Waals surface area contributed by atoms with Crippen LogP contribution in [-0.2, 0) is 0 Å². The Morgan fingerprint density at radius 1 is 1.11 bits per heavy atom. The van der Waals surface area contributed by atoms with Crippen LogP contribution >= 0.6 is 24.0 Å². The van der Waals surface area contributed by atoms with Gasteiger partial charge in [0.15, 0.2) is 5.11 Å². The second-order valence-corrected chi connectivity index (χ2v) is 8.24. The Balaban J connectivity index is 1.34. The molecule has 0 unspecified atom stereocenters. The van der Waals surface area contributed by atoms with Gasteiger partial charge in [0.1, 0.15) is 5.82 Å². The third-order valence-electron chi connectivity index (χ3n) is 5.11.